The SMILES string of the molecule is CCCC[C@@H](F)[C@H](CC[C@@]12CC[C@@H](C)[C@H]1CC(O)O2)OC1CCCCO1. The van der Waals surface area contributed by atoms with Crippen LogP contribution in [0, 0.1) is 11.8 Å². The molecular formula is C21H37FO4. The van der Waals surface area contributed by atoms with Crippen LogP contribution >= 0.6 is 0 Å². The van der Waals surface area contributed by atoms with E-state index < -0.39 is 18.6 Å². The topological polar surface area (TPSA) is 47.9 Å². The average molecular weight is 373 g/mol. The Hall–Kier alpha value is -0.230. The summed E-state index contributed by atoms with van der Waals surface area (Å²) in [5.74, 6) is 0.951. The van der Waals surface area contributed by atoms with Crippen molar-refractivity contribution in [3.05, 3.63) is 0 Å². The summed E-state index contributed by atoms with van der Waals surface area (Å²) in [4.78, 5) is 0. The number of rotatable bonds is 9. The first-order valence-electron chi connectivity index (χ1n) is 10.8. The summed E-state index contributed by atoms with van der Waals surface area (Å²) in [5, 5.41) is 10.0. The molecule has 3 fully saturated rings. The molecule has 0 amide bonds. The summed E-state index contributed by atoms with van der Waals surface area (Å²) in [5.41, 5.74) is -0.279. The van der Waals surface area contributed by atoms with Crippen LogP contribution in [0.1, 0.15) is 84.5 Å². The zero-order valence-electron chi connectivity index (χ0n) is 16.5. The van der Waals surface area contributed by atoms with Crippen molar-refractivity contribution in [3.63, 3.8) is 0 Å². The van der Waals surface area contributed by atoms with E-state index in [0.717, 1.165) is 51.4 Å². The van der Waals surface area contributed by atoms with Crippen LogP contribution in [-0.4, -0.2) is 42.2 Å². The number of ether oxygens (including phenoxy) is 3. The lowest BCUT2D eigenvalue weighted by Gasteiger charge is -2.34. The van der Waals surface area contributed by atoms with Crippen LogP contribution in [-0.2, 0) is 14.2 Å². The van der Waals surface area contributed by atoms with Crippen LogP contribution in [0.5, 0.6) is 0 Å². The van der Waals surface area contributed by atoms with Crippen LogP contribution in [0.3, 0.4) is 0 Å². The number of halogens is 1. The number of hydrogen-bond donors (Lipinski definition) is 1. The maximum absolute atomic E-state index is 14.9. The molecule has 4 nitrogen and oxygen atoms in total. The van der Waals surface area contributed by atoms with E-state index in [9.17, 15) is 9.50 Å². The fraction of sp³-hybridized carbons (Fsp3) is 1.00. The number of alkyl halides is 1. The smallest absolute Gasteiger partial charge is 0.158 e. The third-order valence-electron chi connectivity index (χ3n) is 6.77. The maximum atomic E-state index is 14.9. The first kappa shape index (κ1) is 20.5. The van der Waals surface area contributed by atoms with Crippen molar-refractivity contribution in [1.82, 2.24) is 0 Å². The van der Waals surface area contributed by atoms with Crippen LogP contribution in [0.15, 0.2) is 0 Å². The molecular weight excluding hydrogens is 335 g/mol. The molecule has 0 bridgehead atoms. The predicted molar refractivity (Wildman–Crippen MR) is 98.4 cm³/mol. The molecule has 5 heteroatoms. The Bertz CT molecular complexity index is 428. The van der Waals surface area contributed by atoms with Crippen molar-refractivity contribution >= 4 is 0 Å². The Morgan fingerprint density at radius 1 is 1.27 bits per heavy atom. The van der Waals surface area contributed by atoms with E-state index in [2.05, 4.69) is 13.8 Å². The zero-order valence-corrected chi connectivity index (χ0v) is 16.5. The standard InChI is InChI=1S/C21H37FO4/c1-3-4-7-17(22)18(25-20-8-5-6-13-24-20)10-12-21-11-9-15(2)16(21)14-19(23)26-21/h15-20,23H,3-14H2,1-2H3/t15-,16-,17-,18+,19?,20?,21+/m1/s1. The van der Waals surface area contributed by atoms with Crippen LogP contribution in [0.4, 0.5) is 4.39 Å². The fourth-order valence-electron chi connectivity index (χ4n) is 5.20. The lowest BCUT2D eigenvalue weighted by atomic mass is 9.82. The van der Waals surface area contributed by atoms with Gasteiger partial charge in [-0.2, -0.15) is 0 Å². The lowest BCUT2D eigenvalue weighted by molar-refractivity contribution is -0.206. The van der Waals surface area contributed by atoms with Crippen molar-refractivity contribution in [1.29, 1.82) is 0 Å². The van der Waals surface area contributed by atoms with Gasteiger partial charge in [0.1, 0.15) is 6.17 Å². The Morgan fingerprint density at radius 2 is 2.12 bits per heavy atom. The number of aliphatic hydroxyl groups is 1. The van der Waals surface area contributed by atoms with Gasteiger partial charge in [0.05, 0.1) is 11.7 Å². The molecule has 1 aliphatic carbocycles. The van der Waals surface area contributed by atoms with Gasteiger partial charge in [0, 0.05) is 13.0 Å². The van der Waals surface area contributed by atoms with Gasteiger partial charge >= 0.3 is 0 Å². The molecule has 0 aromatic heterocycles. The summed E-state index contributed by atoms with van der Waals surface area (Å²) in [7, 11) is 0. The van der Waals surface area contributed by atoms with Crippen molar-refractivity contribution in [2.24, 2.45) is 11.8 Å². The quantitative estimate of drug-likeness (QED) is 0.636. The summed E-state index contributed by atoms with van der Waals surface area (Å²) in [6.07, 6.45) is 7.33. The molecule has 1 saturated carbocycles. The normalized spacial score (nSPS) is 39.7. The molecule has 2 aliphatic heterocycles. The van der Waals surface area contributed by atoms with Gasteiger partial charge in [-0.1, -0.05) is 26.7 Å². The van der Waals surface area contributed by atoms with Gasteiger partial charge < -0.3 is 19.3 Å². The summed E-state index contributed by atoms with van der Waals surface area (Å²) < 4.78 is 32.7. The molecule has 26 heavy (non-hydrogen) atoms. The lowest BCUT2D eigenvalue weighted by Crippen LogP contribution is -2.38. The summed E-state index contributed by atoms with van der Waals surface area (Å²) in [6, 6.07) is 0. The first-order valence-corrected chi connectivity index (χ1v) is 10.8. The van der Waals surface area contributed by atoms with Gasteiger partial charge in [0.15, 0.2) is 12.6 Å². The van der Waals surface area contributed by atoms with E-state index in [1.807, 2.05) is 0 Å². The minimum Gasteiger partial charge on any atom is -0.368 e. The molecule has 1 N–H and O–H groups in total. The van der Waals surface area contributed by atoms with E-state index in [4.69, 9.17) is 14.2 Å². The van der Waals surface area contributed by atoms with Crippen LogP contribution < -0.4 is 0 Å². The first-order chi connectivity index (χ1) is 12.5. The minimum absolute atomic E-state index is 0.264. The fourth-order valence-corrected chi connectivity index (χ4v) is 5.20. The highest BCUT2D eigenvalue weighted by atomic mass is 19.1. The molecule has 2 heterocycles. The maximum Gasteiger partial charge on any atom is 0.158 e. The summed E-state index contributed by atoms with van der Waals surface area (Å²) in [6.45, 7) is 5.04. The second-order valence-electron chi connectivity index (χ2n) is 8.66. The zero-order chi connectivity index (χ0) is 18.6. The van der Waals surface area contributed by atoms with E-state index >= 15 is 0 Å². The number of unbranched alkanes of at least 4 members (excludes halogenated alkanes) is 1. The highest BCUT2D eigenvalue weighted by molar-refractivity contribution is 5.01. The Labute approximate surface area is 157 Å². The minimum atomic E-state index is -0.958. The molecule has 0 aromatic rings. The molecule has 0 spiro atoms. The third kappa shape index (κ3) is 4.78. The highest BCUT2D eigenvalue weighted by Gasteiger charge is 2.54. The van der Waals surface area contributed by atoms with Gasteiger partial charge in [-0.3, -0.25) is 0 Å². The largest absolute Gasteiger partial charge is 0.368 e. The summed E-state index contributed by atoms with van der Waals surface area (Å²) >= 11 is 0. The molecule has 2 saturated heterocycles. The van der Waals surface area contributed by atoms with E-state index in [0.29, 0.717) is 37.7 Å². The van der Waals surface area contributed by atoms with Crippen LogP contribution in [0.25, 0.3) is 0 Å². The average Bonchev–Trinajstić information content (AvgIpc) is 3.12. The molecule has 3 aliphatic rings. The number of aliphatic hydroxyl groups excluding tert-OH is 1. The van der Waals surface area contributed by atoms with Crippen molar-refractivity contribution < 1.29 is 23.7 Å². The second-order valence-corrected chi connectivity index (χ2v) is 8.66. The van der Waals surface area contributed by atoms with Crippen molar-refractivity contribution in [2.75, 3.05) is 6.61 Å². The van der Waals surface area contributed by atoms with Gasteiger partial charge in [0.25, 0.3) is 0 Å². The van der Waals surface area contributed by atoms with Gasteiger partial charge in [-0.15, -0.1) is 0 Å². The highest BCUT2D eigenvalue weighted by Crippen LogP contribution is 2.53. The third-order valence-corrected chi connectivity index (χ3v) is 6.77. The van der Waals surface area contributed by atoms with Crippen molar-refractivity contribution in [2.45, 2.75) is 115 Å². The van der Waals surface area contributed by atoms with E-state index in [1.165, 1.54) is 0 Å². The molecule has 2 unspecified atom stereocenters. The molecule has 0 radical (unpaired) electrons. The van der Waals surface area contributed by atoms with E-state index in [1.54, 1.807) is 0 Å². The van der Waals surface area contributed by atoms with Gasteiger partial charge in [0.2, 0.25) is 0 Å². The van der Waals surface area contributed by atoms with Gasteiger partial charge in [-0.05, 0) is 63.2 Å². The second kappa shape index (κ2) is 9.31. The Balaban J connectivity index is 1.60. The van der Waals surface area contributed by atoms with Crippen LogP contribution in [0.2, 0.25) is 0 Å². The van der Waals surface area contributed by atoms with E-state index in [-0.39, 0.29) is 11.9 Å². The Kier molecular flexibility index (Phi) is 7.34. The predicted octanol–water partition coefficient (Wildman–Crippen LogP) is 4.73. The monoisotopic (exact) mass is 372 g/mol. The number of fused-ring (bicyclic) bond motifs is 1. The molecule has 3 rings (SSSR count). The molecule has 0 aromatic carbocycles. The number of hydrogen-bond acceptors (Lipinski definition) is 4. The Morgan fingerprint density at radius 3 is 2.85 bits per heavy atom. The molecule has 7 atom stereocenters. The van der Waals surface area contributed by atoms with Gasteiger partial charge in [-0.25, -0.2) is 4.39 Å². The molecule has 152 valence electrons. The van der Waals surface area contributed by atoms with Crippen molar-refractivity contribution in [3.8, 4) is 0 Å².